The van der Waals surface area contributed by atoms with E-state index in [9.17, 15) is 5.11 Å². The van der Waals surface area contributed by atoms with Crippen molar-refractivity contribution in [2.45, 2.75) is 20.0 Å². The van der Waals surface area contributed by atoms with E-state index in [1.54, 1.807) is 18.4 Å². The fourth-order valence-electron chi connectivity index (χ4n) is 2.15. The number of rotatable bonds is 7. The maximum absolute atomic E-state index is 10.1. The molecule has 0 saturated heterocycles. The van der Waals surface area contributed by atoms with Crippen LogP contribution in [0, 0.1) is 6.92 Å². The fraction of sp³-hybridized carbons (Fsp3) is 0.375. The van der Waals surface area contributed by atoms with Crippen molar-refractivity contribution in [3.05, 3.63) is 51.7 Å². The summed E-state index contributed by atoms with van der Waals surface area (Å²) in [5.74, 6) is 0.404. The molecule has 0 bridgehead atoms. The van der Waals surface area contributed by atoms with Gasteiger partial charge in [-0.15, -0.1) is 11.3 Å². The summed E-state index contributed by atoms with van der Waals surface area (Å²) in [5.41, 5.74) is 1.89. The van der Waals surface area contributed by atoms with Crippen molar-refractivity contribution in [2.24, 2.45) is 0 Å². The van der Waals surface area contributed by atoms with Crippen molar-refractivity contribution in [2.75, 3.05) is 20.3 Å². The Bertz CT molecular complexity index is 525. The minimum atomic E-state index is 0.404. The summed E-state index contributed by atoms with van der Waals surface area (Å²) < 4.78 is 5.18. The monoisotopic (exact) mass is 291 g/mol. The van der Waals surface area contributed by atoms with Crippen molar-refractivity contribution in [1.29, 1.82) is 0 Å². The Morgan fingerprint density at radius 3 is 2.75 bits per heavy atom. The van der Waals surface area contributed by atoms with Crippen molar-refractivity contribution in [3.63, 3.8) is 0 Å². The Morgan fingerprint density at radius 2 is 2.05 bits per heavy atom. The molecule has 1 aromatic carbocycles. The summed E-state index contributed by atoms with van der Waals surface area (Å²) in [5, 5.41) is 12.2. The molecule has 0 unspecified atom stereocenters. The van der Waals surface area contributed by atoms with E-state index in [0.717, 1.165) is 30.8 Å². The van der Waals surface area contributed by atoms with Crippen molar-refractivity contribution >= 4 is 11.3 Å². The second-order valence-electron chi connectivity index (χ2n) is 4.87. The van der Waals surface area contributed by atoms with Crippen LogP contribution in [0.3, 0.4) is 0 Å². The first-order valence-corrected chi connectivity index (χ1v) is 7.60. The second-order valence-corrected chi connectivity index (χ2v) is 5.90. The van der Waals surface area contributed by atoms with Gasteiger partial charge >= 0.3 is 0 Å². The standard InChI is InChI=1S/C16H21NO2S/c1-13-5-3-6-14(16(13)18)11-17(8-9-19-2)12-15-7-4-10-20-15/h3-7,10,18H,8-9,11-12H2,1-2H3. The third-order valence-corrected chi connectivity index (χ3v) is 4.15. The third kappa shape index (κ3) is 4.07. The lowest BCUT2D eigenvalue weighted by molar-refractivity contribution is 0.140. The molecular weight excluding hydrogens is 270 g/mol. The van der Waals surface area contributed by atoms with Crippen LogP contribution in [0.2, 0.25) is 0 Å². The normalized spacial score (nSPS) is 11.2. The zero-order chi connectivity index (χ0) is 14.4. The molecular formula is C16H21NO2S. The van der Waals surface area contributed by atoms with Crippen molar-refractivity contribution in [3.8, 4) is 5.75 Å². The largest absolute Gasteiger partial charge is 0.507 e. The fourth-order valence-corrected chi connectivity index (χ4v) is 2.89. The van der Waals surface area contributed by atoms with Gasteiger partial charge in [-0.25, -0.2) is 0 Å². The minimum Gasteiger partial charge on any atom is -0.507 e. The first-order chi connectivity index (χ1) is 9.70. The predicted octanol–water partition coefficient (Wildman–Crippen LogP) is 3.41. The van der Waals surface area contributed by atoms with E-state index in [1.165, 1.54) is 4.88 Å². The minimum absolute atomic E-state index is 0.404. The van der Waals surface area contributed by atoms with Gasteiger partial charge in [0, 0.05) is 37.2 Å². The van der Waals surface area contributed by atoms with E-state index in [4.69, 9.17) is 4.74 Å². The zero-order valence-electron chi connectivity index (χ0n) is 12.0. The molecule has 1 N–H and O–H groups in total. The highest BCUT2D eigenvalue weighted by molar-refractivity contribution is 7.09. The SMILES string of the molecule is COCCN(Cc1cccs1)Cc1cccc(C)c1O. The molecule has 4 heteroatoms. The van der Waals surface area contributed by atoms with Crippen LogP contribution in [0.25, 0.3) is 0 Å². The maximum Gasteiger partial charge on any atom is 0.122 e. The highest BCUT2D eigenvalue weighted by atomic mass is 32.1. The molecule has 2 rings (SSSR count). The molecule has 0 aliphatic carbocycles. The van der Waals surface area contributed by atoms with E-state index < -0.39 is 0 Å². The summed E-state index contributed by atoms with van der Waals surface area (Å²) >= 11 is 1.76. The molecule has 0 saturated carbocycles. The average molecular weight is 291 g/mol. The molecule has 0 amide bonds. The summed E-state index contributed by atoms with van der Waals surface area (Å²) in [7, 11) is 1.72. The van der Waals surface area contributed by atoms with Gasteiger partial charge in [-0.1, -0.05) is 24.3 Å². The molecule has 1 aromatic heterocycles. The van der Waals surface area contributed by atoms with Gasteiger partial charge in [-0.05, 0) is 23.9 Å². The number of ether oxygens (including phenoxy) is 1. The van der Waals surface area contributed by atoms with E-state index in [2.05, 4.69) is 22.4 Å². The molecule has 0 radical (unpaired) electrons. The number of aromatic hydroxyl groups is 1. The quantitative estimate of drug-likeness (QED) is 0.848. The molecule has 108 valence electrons. The van der Waals surface area contributed by atoms with Crippen LogP contribution in [-0.2, 0) is 17.8 Å². The lowest BCUT2D eigenvalue weighted by atomic mass is 10.1. The van der Waals surface area contributed by atoms with E-state index >= 15 is 0 Å². The number of phenolic OH excluding ortho intramolecular Hbond substituents is 1. The van der Waals surface area contributed by atoms with Crippen molar-refractivity contribution < 1.29 is 9.84 Å². The Balaban J connectivity index is 2.08. The molecule has 20 heavy (non-hydrogen) atoms. The molecule has 0 spiro atoms. The first kappa shape index (κ1) is 15.0. The average Bonchev–Trinajstić information content (AvgIpc) is 2.94. The first-order valence-electron chi connectivity index (χ1n) is 6.72. The Hall–Kier alpha value is -1.36. The number of phenols is 1. The number of nitrogens with zero attached hydrogens (tertiary/aromatic N) is 1. The number of benzene rings is 1. The van der Waals surface area contributed by atoms with Crippen LogP contribution < -0.4 is 0 Å². The van der Waals surface area contributed by atoms with Gasteiger partial charge in [0.15, 0.2) is 0 Å². The van der Waals surface area contributed by atoms with Crippen molar-refractivity contribution in [1.82, 2.24) is 4.90 Å². The lowest BCUT2D eigenvalue weighted by Crippen LogP contribution is -2.26. The molecule has 0 aliphatic rings. The molecule has 1 heterocycles. The van der Waals surface area contributed by atoms with Crippen LogP contribution in [0.4, 0.5) is 0 Å². The molecule has 0 aliphatic heterocycles. The molecule has 2 aromatic rings. The number of aryl methyl sites for hydroxylation is 1. The van der Waals surface area contributed by atoms with Crippen LogP contribution in [-0.4, -0.2) is 30.3 Å². The number of hydrogen-bond acceptors (Lipinski definition) is 4. The third-order valence-electron chi connectivity index (χ3n) is 3.29. The van der Waals surface area contributed by atoms with Crippen LogP contribution >= 0.6 is 11.3 Å². The van der Waals surface area contributed by atoms with Gasteiger partial charge in [0.2, 0.25) is 0 Å². The number of para-hydroxylation sites is 1. The Morgan fingerprint density at radius 1 is 1.20 bits per heavy atom. The second kappa shape index (κ2) is 7.43. The van der Waals surface area contributed by atoms with Gasteiger partial charge in [0.25, 0.3) is 0 Å². The number of hydrogen-bond donors (Lipinski definition) is 1. The molecule has 0 fully saturated rings. The topological polar surface area (TPSA) is 32.7 Å². The Labute approximate surface area is 124 Å². The van der Waals surface area contributed by atoms with E-state index in [0.29, 0.717) is 12.4 Å². The molecule has 3 nitrogen and oxygen atoms in total. The lowest BCUT2D eigenvalue weighted by Gasteiger charge is -2.22. The number of methoxy groups -OCH3 is 1. The van der Waals surface area contributed by atoms with E-state index in [-0.39, 0.29) is 0 Å². The van der Waals surface area contributed by atoms with Crippen LogP contribution in [0.5, 0.6) is 5.75 Å². The number of thiophene rings is 1. The van der Waals surface area contributed by atoms with Gasteiger partial charge in [0.05, 0.1) is 6.61 Å². The summed E-state index contributed by atoms with van der Waals surface area (Å²) in [4.78, 5) is 3.62. The van der Waals surface area contributed by atoms with Gasteiger partial charge in [-0.3, -0.25) is 4.90 Å². The van der Waals surface area contributed by atoms with Crippen LogP contribution in [0.15, 0.2) is 35.7 Å². The Kier molecular flexibility index (Phi) is 5.59. The molecule has 0 atom stereocenters. The highest BCUT2D eigenvalue weighted by Crippen LogP contribution is 2.24. The highest BCUT2D eigenvalue weighted by Gasteiger charge is 2.11. The van der Waals surface area contributed by atoms with Gasteiger partial charge in [0.1, 0.15) is 5.75 Å². The smallest absolute Gasteiger partial charge is 0.122 e. The zero-order valence-corrected chi connectivity index (χ0v) is 12.8. The maximum atomic E-state index is 10.1. The van der Waals surface area contributed by atoms with Gasteiger partial charge in [-0.2, -0.15) is 0 Å². The van der Waals surface area contributed by atoms with Crippen LogP contribution in [0.1, 0.15) is 16.0 Å². The van der Waals surface area contributed by atoms with E-state index in [1.807, 2.05) is 25.1 Å². The summed E-state index contributed by atoms with van der Waals surface area (Å²) in [6, 6.07) is 10.1. The summed E-state index contributed by atoms with van der Waals surface area (Å²) in [6.07, 6.45) is 0. The predicted molar refractivity (Wildman–Crippen MR) is 83.2 cm³/mol. The summed E-state index contributed by atoms with van der Waals surface area (Å²) in [6.45, 7) is 5.08. The van der Waals surface area contributed by atoms with Gasteiger partial charge < -0.3 is 9.84 Å².